The zero-order valence-corrected chi connectivity index (χ0v) is 9.87. The number of rotatable bonds is 3. The molecule has 0 heterocycles. The van der Waals surface area contributed by atoms with Gasteiger partial charge in [0.25, 0.3) is 0 Å². The van der Waals surface area contributed by atoms with Gasteiger partial charge in [0.2, 0.25) is 5.91 Å². The van der Waals surface area contributed by atoms with Crippen LogP contribution in [0.1, 0.15) is 51.9 Å². The van der Waals surface area contributed by atoms with Crippen molar-refractivity contribution in [2.24, 2.45) is 5.92 Å². The Kier molecular flexibility index (Phi) is 5.29. The molecule has 92 valence electrons. The van der Waals surface area contributed by atoms with Gasteiger partial charge in [0.15, 0.2) is 0 Å². The van der Waals surface area contributed by atoms with Crippen LogP contribution in [-0.2, 0) is 9.59 Å². The molecule has 0 saturated heterocycles. The molecule has 0 aliphatic heterocycles. The number of aliphatic carboxylic acids is 1. The molecule has 16 heavy (non-hydrogen) atoms. The number of carboxylic acid groups (broad SMARTS) is 1. The van der Waals surface area contributed by atoms with Crippen molar-refractivity contribution in [3.63, 3.8) is 0 Å². The molecule has 1 aliphatic rings. The molecule has 1 unspecified atom stereocenters. The normalized spacial score (nSPS) is 20.6. The van der Waals surface area contributed by atoms with E-state index in [0.717, 1.165) is 25.7 Å². The average molecular weight is 227 g/mol. The first kappa shape index (κ1) is 13.0. The Morgan fingerprint density at radius 3 is 2.12 bits per heavy atom. The molecular weight excluding hydrogens is 206 g/mol. The second-order valence-electron chi connectivity index (χ2n) is 4.61. The van der Waals surface area contributed by atoms with Crippen molar-refractivity contribution in [2.45, 2.75) is 57.9 Å². The first-order valence-electron chi connectivity index (χ1n) is 6.14. The molecule has 0 bridgehead atoms. The van der Waals surface area contributed by atoms with Gasteiger partial charge in [0.1, 0.15) is 6.04 Å². The minimum atomic E-state index is -0.973. The highest BCUT2D eigenvalue weighted by Crippen LogP contribution is 2.22. The van der Waals surface area contributed by atoms with E-state index in [1.807, 2.05) is 0 Å². The van der Waals surface area contributed by atoms with Gasteiger partial charge in [-0.05, 0) is 19.8 Å². The van der Waals surface area contributed by atoms with Gasteiger partial charge in [-0.15, -0.1) is 0 Å². The molecule has 1 atom stereocenters. The predicted octanol–water partition coefficient (Wildman–Crippen LogP) is 1.94. The molecule has 1 rings (SSSR count). The van der Waals surface area contributed by atoms with Crippen molar-refractivity contribution in [3.8, 4) is 0 Å². The molecule has 0 aromatic heterocycles. The molecule has 0 spiro atoms. The summed E-state index contributed by atoms with van der Waals surface area (Å²) in [6.07, 6.45) is 7.62. The molecule has 0 radical (unpaired) electrons. The number of nitrogens with one attached hydrogen (secondary N) is 1. The van der Waals surface area contributed by atoms with Crippen LogP contribution in [-0.4, -0.2) is 23.0 Å². The summed E-state index contributed by atoms with van der Waals surface area (Å²) in [4.78, 5) is 22.4. The molecule has 4 nitrogen and oxygen atoms in total. The lowest BCUT2D eigenvalue weighted by Crippen LogP contribution is -2.41. The quantitative estimate of drug-likeness (QED) is 0.774. The molecule has 1 fully saturated rings. The van der Waals surface area contributed by atoms with Crippen LogP contribution in [0.5, 0.6) is 0 Å². The fourth-order valence-corrected chi connectivity index (χ4v) is 2.11. The summed E-state index contributed by atoms with van der Waals surface area (Å²) in [5, 5.41) is 11.3. The molecular formula is C12H21NO3. The number of hydrogen-bond donors (Lipinski definition) is 2. The SMILES string of the molecule is CC(NC(=O)C1CCCCCCC1)C(=O)O. The van der Waals surface area contributed by atoms with Crippen molar-refractivity contribution in [1.29, 1.82) is 0 Å². The van der Waals surface area contributed by atoms with Crippen LogP contribution in [0, 0.1) is 5.92 Å². The highest BCUT2D eigenvalue weighted by molar-refractivity contribution is 5.84. The standard InChI is InChI=1S/C12H21NO3/c1-9(12(15)16)13-11(14)10-7-5-3-2-4-6-8-10/h9-10H,2-8H2,1H3,(H,13,14)(H,15,16). The molecule has 0 aromatic carbocycles. The summed E-state index contributed by atoms with van der Waals surface area (Å²) in [6.45, 7) is 1.50. The van der Waals surface area contributed by atoms with E-state index in [4.69, 9.17) is 5.11 Å². The smallest absolute Gasteiger partial charge is 0.325 e. The van der Waals surface area contributed by atoms with E-state index >= 15 is 0 Å². The second-order valence-corrected chi connectivity index (χ2v) is 4.61. The van der Waals surface area contributed by atoms with Gasteiger partial charge < -0.3 is 10.4 Å². The van der Waals surface area contributed by atoms with E-state index in [2.05, 4.69) is 5.32 Å². The highest BCUT2D eigenvalue weighted by Gasteiger charge is 2.22. The maximum Gasteiger partial charge on any atom is 0.325 e. The van der Waals surface area contributed by atoms with E-state index in [0.29, 0.717) is 0 Å². The van der Waals surface area contributed by atoms with Gasteiger partial charge in [-0.3, -0.25) is 9.59 Å². The summed E-state index contributed by atoms with van der Waals surface area (Å²) in [6, 6.07) is -0.780. The monoisotopic (exact) mass is 227 g/mol. The zero-order chi connectivity index (χ0) is 12.0. The topological polar surface area (TPSA) is 66.4 Å². The van der Waals surface area contributed by atoms with Crippen molar-refractivity contribution >= 4 is 11.9 Å². The van der Waals surface area contributed by atoms with E-state index in [9.17, 15) is 9.59 Å². The number of carbonyl (C=O) groups excluding carboxylic acids is 1. The Hall–Kier alpha value is -1.06. The lowest BCUT2D eigenvalue weighted by Gasteiger charge is -2.20. The molecule has 2 N–H and O–H groups in total. The Morgan fingerprint density at radius 2 is 1.62 bits per heavy atom. The number of carbonyl (C=O) groups is 2. The number of carboxylic acids is 1. The minimum Gasteiger partial charge on any atom is -0.480 e. The fourth-order valence-electron chi connectivity index (χ4n) is 2.11. The van der Waals surface area contributed by atoms with Gasteiger partial charge in [-0.1, -0.05) is 32.1 Å². The predicted molar refractivity (Wildman–Crippen MR) is 61.0 cm³/mol. The highest BCUT2D eigenvalue weighted by atomic mass is 16.4. The average Bonchev–Trinajstić information content (AvgIpc) is 2.16. The van der Waals surface area contributed by atoms with Crippen LogP contribution in [0.15, 0.2) is 0 Å². The van der Waals surface area contributed by atoms with Crippen LogP contribution >= 0.6 is 0 Å². The number of hydrogen-bond acceptors (Lipinski definition) is 2. The Bertz CT molecular complexity index is 245. The zero-order valence-electron chi connectivity index (χ0n) is 9.87. The van der Waals surface area contributed by atoms with Crippen molar-refractivity contribution in [1.82, 2.24) is 5.32 Å². The van der Waals surface area contributed by atoms with E-state index in [-0.39, 0.29) is 11.8 Å². The molecule has 0 aromatic rings. The van der Waals surface area contributed by atoms with Gasteiger partial charge >= 0.3 is 5.97 Å². The van der Waals surface area contributed by atoms with Gasteiger partial charge in [0, 0.05) is 5.92 Å². The summed E-state index contributed by atoms with van der Waals surface area (Å²) in [5.74, 6) is -1.04. The summed E-state index contributed by atoms with van der Waals surface area (Å²) >= 11 is 0. The third kappa shape index (κ3) is 4.21. The first-order chi connectivity index (χ1) is 7.61. The van der Waals surface area contributed by atoms with Crippen LogP contribution < -0.4 is 5.32 Å². The van der Waals surface area contributed by atoms with Crippen LogP contribution in [0.25, 0.3) is 0 Å². The Balaban J connectivity index is 2.41. The van der Waals surface area contributed by atoms with E-state index < -0.39 is 12.0 Å². The number of amides is 1. The maximum absolute atomic E-state index is 11.8. The largest absolute Gasteiger partial charge is 0.480 e. The van der Waals surface area contributed by atoms with Crippen LogP contribution in [0.4, 0.5) is 0 Å². The minimum absolute atomic E-state index is 0.0158. The van der Waals surface area contributed by atoms with E-state index in [1.165, 1.54) is 26.2 Å². The van der Waals surface area contributed by atoms with Crippen molar-refractivity contribution < 1.29 is 14.7 Å². The summed E-state index contributed by atoms with van der Waals surface area (Å²) in [7, 11) is 0. The van der Waals surface area contributed by atoms with Crippen LogP contribution in [0.2, 0.25) is 0 Å². The third-order valence-corrected chi connectivity index (χ3v) is 3.21. The summed E-state index contributed by atoms with van der Waals surface area (Å²) in [5.41, 5.74) is 0. The molecule has 1 saturated carbocycles. The van der Waals surface area contributed by atoms with Crippen molar-refractivity contribution in [3.05, 3.63) is 0 Å². The van der Waals surface area contributed by atoms with E-state index in [1.54, 1.807) is 0 Å². The Labute approximate surface area is 96.4 Å². The van der Waals surface area contributed by atoms with Gasteiger partial charge in [0.05, 0.1) is 0 Å². The first-order valence-corrected chi connectivity index (χ1v) is 6.14. The second kappa shape index (κ2) is 6.51. The molecule has 1 amide bonds. The van der Waals surface area contributed by atoms with Gasteiger partial charge in [-0.25, -0.2) is 0 Å². The third-order valence-electron chi connectivity index (χ3n) is 3.21. The summed E-state index contributed by atoms with van der Waals surface area (Å²) < 4.78 is 0. The van der Waals surface area contributed by atoms with Crippen LogP contribution in [0.3, 0.4) is 0 Å². The molecule has 1 aliphatic carbocycles. The van der Waals surface area contributed by atoms with Gasteiger partial charge in [-0.2, -0.15) is 0 Å². The molecule has 4 heteroatoms. The van der Waals surface area contributed by atoms with Crippen molar-refractivity contribution in [2.75, 3.05) is 0 Å². The Morgan fingerprint density at radius 1 is 1.12 bits per heavy atom. The lowest BCUT2D eigenvalue weighted by molar-refractivity contribution is -0.142. The lowest BCUT2D eigenvalue weighted by atomic mass is 9.90. The fraction of sp³-hybridized carbons (Fsp3) is 0.833. The maximum atomic E-state index is 11.8.